The summed E-state index contributed by atoms with van der Waals surface area (Å²) in [7, 11) is -3.58. The lowest BCUT2D eigenvalue weighted by atomic mass is 10.3. The van der Waals surface area contributed by atoms with Gasteiger partial charge in [-0.15, -0.1) is 0 Å². The summed E-state index contributed by atoms with van der Waals surface area (Å²) in [6.45, 7) is 3.65. The predicted molar refractivity (Wildman–Crippen MR) is 64.2 cm³/mol. The summed E-state index contributed by atoms with van der Waals surface area (Å²) in [6.07, 6.45) is 0.693. The molecule has 0 saturated carbocycles. The first-order chi connectivity index (χ1) is 7.36. The Labute approximate surface area is 103 Å². The van der Waals surface area contributed by atoms with Crippen molar-refractivity contribution in [2.45, 2.75) is 31.2 Å². The molecule has 0 aliphatic rings. The zero-order valence-corrected chi connectivity index (χ0v) is 11.4. The smallest absolute Gasteiger partial charge is 0.208 e. The van der Waals surface area contributed by atoms with E-state index in [9.17, 15) is 12.8 Å². The first kappa shape index (κ1) is 13.6. The quantitative estimate of drug-likeness (QED) is 0.929. The molecule has 1 aromatic rings. The zero-order chi connectivity index (χ0) is 12.3. The van der Waals surface area contributed by atoms with Gasteiger partial charge in [-0.25, -0.2) is 17.5 Å². The first-order valence-electron chi connectivity index (χ1n) is 4.84. The van der Waals surface area contributed by atoms with Gasteiger partial charge in [0.15, 0.2) is 0 Å². The molecule has 1 aromatic carbocycles. The number of hydrogen-bond donors (Lipinski definition) is 1. The molecular formula is C10H13BrFNO2S. The Hall–Kier alpha value is -0.460. The fraction of sp³-hybridized carbons (Fsp3) is 0.400. The van der Waals surface area contributed by atoms with Gasteiger partial charge in [0.05, 0.1) is 4.90 Å². The Morgan fingerprint density at radius 3 is 2.62 bits per heavy atom. The highest BCUT2D eigenvalue weighted by Crippen LogP contribution is 2.22. The van der Waals surface area contributed by atoms with E-state index < -0.39 is 15.8 Å². The molecule has 16 heavy (non-hydrogen) atoms. The summed E-state index contributed by atoms with van der Waals surface area (Å²) in [5.74, 6) is -0.477. The van der Waals surface area contributed by atoms with Gasteiger partial charge in [0, 0.05) is 10.5 Å². The van der Waals surface area contributed by atoms with Gasteiger partial charge in [0.2, 0.25) is 10.0 Å². The van der Waals surface area contributed by atoms with Gasteiger partial charge < -0.3 is 0 Å². The molecule has 1 unspecified atom stereocenters. The van der Waals surface area contributed by atoms with E-state index >= 15 is 0 Å². The van der Waals surface area contributed by atoms with E-state index in [1.807, 2.05) is 6.92 Å². The first-order valence-corrected chi connectivity index (χ1v) is 7.12. The van der Waals surface area contributed by atoms with Crippen LogP contribution in [0.5, 0.6) is 0 Å². The van der Waals surface area contributed by atoms with Crippen molar-refractivity contribution in [1.82, 2.24) is 4.72 Å². The second-order valence-corrected chi connectivity index (χ2v) is 6.04. The Morgan fingerprint density at radius 2 is 2.12 bits per heavy atom. The third kappa shape index (κ3) is 3.26. The number of sulfonamides is 1. The van der Waals surface area contributed by atoms with E-state index in [4.69, 9.17) is 0 Å². The van der Waals surface area contributed by atoms with Crippen LogP contribution in [0.15, 0.2) is 27.6 Å². The van der Waals surface area contributed by atoms with Crippen molar-refractivity contribution in [2.75, 3.05) is 0 Å². The third-order valence-electron chi connectivity index (χ3n) is 2.15. The summed E-state index contributed by atoms with van der Waals surface area (Å²) in [5, 5.41) is 0. The minimum Gasteiger partial charge on any atom is -0.208 e. The monoisotopic (exact) mass is 309 g/mol. The SMILES string of the molecule is CCC(C)NS(=O)(=O)c1ccc(F)cc1Br. The Kier molecular flexibility index (Phi) is 4.46. The lowest BCUT2D eigenvalue weighted by Crippen LogP contribution is -2.32. The molecule has 90 valence electrons. The second-order valence-electron chi connectivity index (χ2n) is 3.51. The molecule has 3 nitrogen and oxygen atoms in total. The Bertz CT molecular complexity index is 476. The van der Waals surface area contributed by atoms with Crippen LogP contribution in [0, 0.1) is 5.82 Å². The van der Waals surface area contributed by atoms with Crippen molar-refractivity contribution in [1.29, 1.82) is 0 Å². The average molecular weight is 310 g/mol. The van der Waals surface area contributed by atoms with Crippen molar-refractivity contribution in [3.05, 3.63) is 28.5 Å². The van der Waals surface area contributed by atoms with Crippen LogP contribution in [-0.2, 0) is 10.0 Å². The average Bonchev–Trinajstić information content (AvgIpc) is 2.16. The van der Waals surface area contributed by atoms with E-state index in [0.29, 0.717) is 6.42 Å². The number of hydrogen-bond acceptors (Lipinski definition) is 2. The second kappa shape index (κ2) is 5.25. The van der Waals surface area contributed by atoms with Gasteiger partial charge >= 0.3 is 0 Å². The van der Waals surface area contributed by atoms with E-state index in [-0.39, 0.29) is 15.4 Å². The van der Waals surface area contributed by atoms with Gasteiger partial charge in [-0.2, -0.15) is 0 Å². The molecule has 0 aromatic heterocycles. The summed E-state index contributed by atoms with van der Waals surface area (Å²) in [4.78, 5) is 0.0502. The van der Waals surface area contributed by atoms with Crippen LogP contribution in [-0.4, -0.2) is 14.5 Å². The number of nitrogens with one attached hydrogen (secondary N) is 1. The van der Waals surface area contributed by atoms with Crippen molar-refractivity contribution in [3.63, 3.8) is 0 Å². The van der Waals surface area contributed by atoms with E-state index in [0.717, 1.165) is 12.1 Å². The molecule has 0 aliphatic heterocycles. The molecule has 6 heteroatoms. The standard InChI is InChI=1S/C10H13BrFNO2S/c1-3-7(2)13-16(14,15)10-5-4-8(12)6-9(10)11/h4-7,13H,3H2,1-2H3. The lowest BCUT2D eigenvalue weighted by Gasteiger charge is -2.13. The Balaban J connectivity index is 3.08. The summed E-state index contributed by atoms with van der Waals surface area (Å²) >= 11 is 3.04. The van der Waals surface area contributed by atoms with E-state index in [1.165, 1.54) is 6.07 Å². The maximum absolute atomic E-state index is 12.8. The van der Waals surface area contributed by atoms with Gasteiger partial charge in [-0.1, -0.05) is 6.92 Å². The normalized spacial score (nSPS) is 13.8. The third-order valence-corrected chi connectivity index (χ3v) is 4.72. The molecule has 0 heterocycles. The van der Waals surface area contributed by atoms with Gasteiger partial charge in [-0.05, 0) is 47.5 Å². The maximum Gasteiger partial charge on any atom is 0.241 e. The molecule has 0 amide bonds. The van der Waals surface area contributed by atoms with Gasteiger partial charge in [-0.3, -0.25) is 0 Å². The molecule has 1 rings (SSSR count). The maximum atomic E-state index is 12.8. The van der Waals surface area contributed by atoms with Crippen LogP contribution in [0.4, 0.5) is 4.39 Å². The summed E-state index contributed by atoms with van der Waals surface area (Å²) < 4.78 is 39.3. The number of benzene rings is 1. The molecule has 0 aliphatic carbocycles. The molecule has 1 N–H and O–H groups in total. The predicted octanol–water partition coefficient (Wildman–Crippen LogP) is 2.67. The fourth-order valence-electron chi connectivity index (χ4n) is 1.10. The van der Waals surface area contributed by atoms with Crippen molar-refractivity contribution >= 4 is 26.0 Å². The minimum absolute atomic E-state index is 0.0502. The lowest BCUT2D eigenvalue weighted by molar-refractivity contribution is 0.555. The highest BCUT2D eigenvalue weighted by Gasteiger charge is 2.19. The van der Waals surface area contributed by atoms with E-state index in [1.54, 1.807) is 6.92 Å². The van der Waals surface area contributed by atoms with Crippen LogP contribution < -0.4 is 4.72 Å². The van der Waals surface area contributed by atoms with Gasteiger partial charge in [0.1, 0.15) is 5.82 Å². The Morgan fingerprint density at radius 1 is 1.50 bits per heavy atom. The van der Waals surface area contributed by atoms with Gasteiger partial charge in [0.25, 0.3) is 0 Å². The van der Waals surface area contributed by atoms with Crippen LogP contribution >= 0.6 is 15.9 Å². The molecule has 0 radical (unpaired) electrons. The molecule has 0 spiro atoms. The number of rotatable bonds is 4. The zero-order valence-electron chi connectivity index (χ0n) is 9.00. The van der Waals surface area contributed by atoms with E-state index in [2.05, 4.69) is 20.7 Å². The molecule has 1 atom stereocenters. The van der Waals surface area contributed by atoms with Crippen LogP contribution in [0.2, 0.25) is 0 Å². The molecule has 0 fully saturated rings. The minimum atomic E-state index is -3.58. The van der Waals surface area contributed by atoms with Crippen LogP contribution in [0.25, 0.3) is 0 Å². The summed E-state index contributed by atoms with van der Waals surface area (Å²) in [5.41, 5.74) is 0. The van der Waals surface area contributed by atoms with Crippen molar-refractivity contribution in [2.24, 2.45) is 0 Å². The molecule has 0 saturated heterocycles. The highest BCUT2D eigenvalue weighted by molar-refractivity contribution is 9.10. The summed E-state index contributed by atoms with van der Waals surface area (Å²) in [6, 6.07) is 3.34. The topological polar surface area (TPSA) is 46.2 Å². The largest absolute Gasteiger partial charge is 0.241 e. The van der Waals surface area contributed by atoms with Crippen LogP contribution in [0.1, 0.15) is 20.3 Å². The van der Waals surface area contributed by atoms with Crippen molar-refractivity contribution < 1.29 is 12.8 Å². The van der Waals surface area contributed by atoms with Crippen LogP contribution in [0.3, 0.4) is 0 Å². The molecule has 0 bridgehead atoms. The number of halogens is 2. The highest BCUT2D eigenvalue weighted by atomic mass is 79.9. The molecular weight excluding hydrogens is 297 g/mol. The fourth-order valence-corrected chi connectivity index (χ4v) is 3.48. The van der Waals surface area contributed by atoms with Crippen molar-refractivity contribution in [3.8, 4) is 0 Å².